The van der Waals surface area contributed by atoms with E-state index < -0.39 is 5.60 Å². The Morgan fingerprint density at radius 3 is 2.67 bits per heavy atom. The molecule has 0 aliphatic carbocycles. The Morgan fingerprint density at radius 2 is 2.07 bits per heavy atom. The second-order valence-electron chi connectivity index (χ2n) is 7.46. The van der Waals surface area contributed by atoms with Crippen LogP contribution in [0.3, 0.4) is 0 Å². The van der Waals surface area contributed by atoms with Crippen LogP contribution in [0.2, 0.25) is 0 Å². The Morgan fingerprint density at radius 1 is 1.30 bits per heavy atom. The molecule has 1 aliphatic heterocycles. The standard InChI is InChI=1S/C19H38N4O4/c1-6-20-17(21-10-8-13-26-16-9-14-25-15-16)22-11-12-23(7-2)18(24)27-19(3,4)5/h16H,6-15H2,1-5H3,(H2,20,21,22). The molecule has 1 amide bonds. The van der Waals surface area contributed by atoms with Gasteiger partial charge < -0.3 is 29.7 Å². The highest BCUT2D eigenvalue weighted by Gasteiger charge is 2.20. The molecule has 8 nitrogen and oxygen atoms in total. The summed E-state index contributed by atoms with van der Waals surface area (Å²) in [4.78, 5) is 18.4. The topological polar surface area (TPSA) is 84.4 Å². The molecule has 1 fully saturated rings. The minimum Gasteiger partial charge on any atom is -0.444 e. The molecule has 1 saturated heterocycles. The van der Waals surface area contributed by atoms with Crippen LogP contribution in [0.25, 0.3) is 0 Å². The number of guanidine groups is 1. The van der Waals surface area contributed by atoms with Crippen LogP contribution in [0.15, 0.2) is 4.99 Å². The largest absolute Gasteiger partial charge is 0.444 e. The van der Waals surface area contributed by atoms with Gasteiger partial charge in [-0.15, -0.1) is 0 Å². The monoisotopic (exact) mass is 386 g/mol. The summed E-state index contributed by atoms with van der Waals surface area (Å²) in [7, 11) is 0. The number of rotatable bonds is 10. The van der Waals surface area contributed by atoms with Crippen molar-refractivity contribution in [3.05, 3.63) is 0 Å². The lowest BCUT2D eigenvalue weighted by Crippen LogP contribution is -2.44. The first-order valence-electron chi connectivity index (χ1n) is 10.0. The fraction of sp³-hybridized carbons (Fsp3) is 0.895. The van der Waals surface area contributed by atoms with Gasteiger partial charge in [0.2, 0.25) is 0 Å². The maximum atomic E-state index is 12.2. The number of nitrogens with zero attached hydrogens (tertiary/aromatic N) is 2. The van der Waals surface area contributed by atoms with Gasteiger partial charge in [0.25, 0.3) is 0 Å². The molecule has 0 aromatic heterocycles. The number of carbonyl (C=O) groups is 1. The van der Waals surface area contributed by atoms with Gasteiger partial charge in [-0.05, 0) is 47.5 Å². The van der Waals surface area contributed by atoms with Gasteiger partial charge in [-0.1, -0.05) is 0 Å². The quantitative estimate of drug-likeness (QED) is 0.339. The van der Waals surface area contributed by atoms with E-state index in [1.165, 1.54) is 0 Å². The molecule has 0 radical (unpaired) electrons. The molecule has 0 saturated carbocycles. The van der Waals surface area contributed by atoms with Gasteiger partial charge in [0.05, 0.1) is 12.7 Å². The molecule has 0 bridgehead atoms. The number of ether oxygens (including phenoxy) is 3. The third-order valence-electron chi connectivity index (χ3n) is 3.87. The molecule has 0 spiro atoms. The van der Waals surface area contributed by atoms with Crippen molar-refractivity contribution in [1.29, 1.82) is 0 Å². The number of nitrogens with one attached hydrogen (secondary N) is 2. The van der Waals surface area contributed by atoms with Gasteiger partial charge >= 0.3 is 6.09 Å². The minimum absolute atomic E-state index is 0.244. The van der Waals surface area contributed by atoms with E-state index in [2.05, 4.69) is 15.6 Å². The van der Waals surface area contributed by atoms with E-state index in [1.54, 1.807) is 4.90 Å². The Hall–Kier alpha value is -1.54. The molecular formula is C19H38N4O4. The Balaban J connectivity index is 2.29. The number of hydrogen-bond acceptors (Lipinski definition) is 5. The first-order chi connectivity index (χ1) is 12.9. The smallest absolute Gasteiger partial charge is 0.410 e. The molecule has 1 rings (SSSR count). The van der Waals surface area contributed by atoms with Crippen molar-refractivity contribution in [1.82, 2.24) is 15.5 Å². The first kappa shape index (κ1) is 23.5. The second-order valence-corrected chi connectivity index (χ2v) is 7.46. The summed E-state index contributed by atoms with van der Waals surface area (Å²) in [6.45, 7) is 15.0. The molecule has 27 heavy (non-hydrogen) atoms. The normalized spacial score (nSPS) is 17.7. The summed E-state index contributed by atoms with van der Waals surface area (Å²) < 4.78 is 16.5. The van der Waals surface area contributed by atoms with Crippen LogP contribution in [-0.4, -0.2) is 81.2 Å². The zero-order chi connectivity index (χ0) is 20.1. The summed E-state index contributed by atoms with van der Waals surface area (Å²) in [6.07, 6.45) is 1.81. The fourth-order valence-corrected chi connectivity index (χ4v) is 2.51. The maximum Gasteiger partial charge on any atom is 0.410 e. The summed E-state index contributed by atoms with van der Waals surface area (Å²) in [5, 5.41) is 6.48. The predicted molar refractivity (Wildman–Crippen MR) is 107 cm³/mol. The minimum atomic E-state index is -0.485. The number of carbonyl (C=O) groups excluding carboxylic acids is 1. The molecule has 1 atom stereocenters. The molecule has 8 heteroatoms. The van der Waals surface area contributed by atoms with E-state index in [0.717, 1.165) is 32.0 Å². The van der Waals surface area contributed by atoms with Crippen molar-refractivity contribution < 1.29 is 19.0 Å². The van der Waals surface area contributed by atoms with E-state index >= 15 is 0 Å². The van der Waals surface area contributed by atoms with Gasteiger partial charge in [-0.3, -0.25) is 4.99 Å². The first-order valence-corrected chi connectivity index (χ1v) is 10.0. The van der Waals surface area contributed by atoms with Crippen molar-refractivity contribution in [2.45, 2.75) is 59.2 Å². The van der Waals surface area contributed by atoms with E-state index in [-0.39, 0.29) is 12.2 Å². The van der Waals surface area contributed by atoms with E-state index in [0.29, 0.717) is 39.4 Å². The maximum absolute atomic E-state index is 12.2. The van der Waals surface area contributed by atoms with Gasteiger partial charge in [0.15, 0.2) is 5.96 Å². The highest BCUT2D eigenvalue weighted by molar-refractivity contribution is 5.79. The average molecular weight is 387 g/mol. The molecular weight excluding hydrogens is 348 g/mol. The zero-order valence-corrected chi connectivity index (χ0v) is 17.7. The summed E-state index contributed by atoms with van der Waals surface area (Å²) >= 11 is 0. The van der Waals surface area contributed by atoms with Crippen molar-refractivity contribution in [3.63, 3.8) is 0 Å². The average Bonchev–Trinajstić information content (AvgIpc) is 3.10. The lowest BCUT2D eigenvalue weighted by Gasteiger charge is -2.26. The third-order valence-corrected chi connectivity index (χ3v) is 3.87. The van der Waals surface area contributed by atoms with E-state index in [4.69, 9.17) is 14.2 Å². The lowest BCUT2D eigenvalue weighted by atomic mass is 10.2. The van der Waals surface area contributed by atoms with Gasteiger partial charge in [0.1, 0.15) is 5.60 Å². The summed E-state index contributed by atoms with van der Waals surface area (Å²) in [6, 6.07) is 0. The van der Waals surface area contributed by atoms with E-state index in [1.807, 2.05) is 34.6 Å². The van der Waals surface area contributed by atoms with Crippen molar-refractivity contribution >= 4 is 12.1 Å². The molecule has 0 aromatic carbocycles. The molecule has 1 aliphatic rings. The Labute approximate surface area is 164 Å². The predicted octanol–water partition coefficient (Wildman–Crippen LogP) is 1.99. The van der Waals surface area contributed by atoms with Gasteiger partial charge in [-0.2, -0.15) is 0 Å². The van der Waals surface area contributed by atoms with Crippen molar-refractivity contribution in [2.75, 3.05) is 52.5 Å². The number of aliphatic imine (C=N–C) groups is 1. The van der Waals surface area contributed by atoms with Gasteiger partial charge in [-0.25, -0.2) is 4.79 Å². The third kappa shape index (κ3) is 11.0. The van der Waals surface area contributed by atoms with Crippen LogP contribution in [0.1, 0.15) is 47.5 Å². The number of hydrogen-bond donors (Lipinski definition) is 2. The summed E-state index contributed by atoms with van der Waals surface area (Å²) in [5.74, 6) is 0.752. The van der Waals surface area contributed by atoms with Crippen LogP contribution < -0.4 is 10.6 Å². The SMILES string of the molecule is CCNC(=NCCCOC1CCOC1)NCCN(CC)C(=O)OC(C)(C)C. The summed E-state index contributed by atoms with van der Waals surface area (Å²) in [5.41, 5.74) is -0.485. The molecule has 158 valence electrons. The van der Waals surface area contributed by atoms with Gasteiger partial charge in [0, 0.05) is 45.9 Å². The Bertz CT molecular complexity index is 445. The van der Waals surface area contributed by atoms with Crippen LogP contribution in [0.5, 0.6) is 0 Å². The van der Waals surface area contributed by atoms with Crippen molar-refractivity contribution in [3.8, 4) is 0 Å². The van der Waals surface area contributed by atoms with Crippen LogP contribution >= 0.6 is 0 Å². The number of likely N-dealkylation sites (N-methyl/N-ethyl adjacent to an activating group) is 1. The molecule has 1 unspecified atom stereocenters. The fourth-order valence-electron chi connectivity index (χ4n) is 2.51. The lowest BCUT2D eigenvalue weighted by molar-refractivity contribution is 0.0264. The highest BCUT2D eigenvalue weighted by atomic mass is 16.6. The molecule has 0 aromatic rings. The Kier molecular flexibility index (Phi) is 11.1. The molecule has 1 heterocycles. The van der Waals surface area contributed by atoms with Crippen LogP contribution in [0, 0.1) is 0 Å². The van der Waals surface area contributed by atoms with Crippen LogP contribution in [-0.2, 0) is 14.2 Å². The van der Waals surface area contributed by atoms with Crippen molar-refractivity contribution in [2.24, 2.45) is 4.99 Å². The molecule has 2 N–H and O–H groups in total. The van der Waals surface area contributed by atoms with Crippen LogP contribution in [0.4, 0.5) is 4.79 Å². The van der Waals surface area contributed by atoms with E-state index in [9.17, 15) is 4.79 Å². The highest BCUT2D eigenvalue weighted by Crippen LogP contribution is 2.09. The second kappa shape index (κ2) is 12.8. The number of amides is 1. The zero-order valence-electron chi connectivity index (χ0n) is 17.7.